The second kappa shape index (κ2) is 8.04. The fraction of sp³-hybridized carbons (Fsp3) is 0.583. The van der Waals surface area contributed by atoms with Gasteiger partial charge in [-0.15, -0.1) is 0 Å². The molecule has 2 aromatic heterocycles. The van der Waals surface area contributed by atoms with Gasteiger partial charge in [0.15, 0.2) is 0 Å². The average molecular weight is 454 g/mol. The van der Waals surface area contributed by atoms with Crippen LogP contribution in [0.2, 0.25) is 0 Å². The van der Waals surface area contributed by atoms with E-state index in [0.717, 1.165) is 23.9 Å². The minimum atomic E-state index is -0.496. The van der Waals surface area contributed by atoms with E-state index in [4.69, 9.17) is 9.72 Å². The number of likely N-dealkylation sites (tertiary alicyclic amines) is 1. The lowest BCUT2D eigenvalue weighted by Crippen LogP contribution is -2.49. The lowest BCUT2D eigenvalue weighted by molar-refractivity contribution is -0.120. The molecule has 4 heterocycles. The summed E-state index contributed by atoms with van der Waals surface area (Å²) >= 11 is 0. The number of carbonyl (C=O) groups excluding carboxylic acids is 3. The minimum Gasteiger partial charge on any atom is -0.444 e. The third kappa shape index (κ3) is 4.41. The van der Waals surface area contributed by atoms with Crippen LogP contribution in [0.4, 0.5) is 15.3 Å². The number of hydrogen-bond donors (Lipinski definition) is 1. The number of carbonyl (C=O) groups is 3. The molecule has 3 aliphatic rings. The zero-order valence-corrected chi connectivity index (χ0v) is 19.5. The fourth-order valence-electron chi connectivity index (χ4n) is 4.75. The van der Waals surface area contributed by atoms with E-state index in [0.29, 0.717) is 31.2 Å². The number of pyridine rings is 1. The van der Waals surface area contributed by atoms with Crippen LogP contribution in [0, 0.1) is 0 Å². The molecule has 2 aliphatic heterocycles. The second-order valence-corrected chi connectivity index (χ2v) is 10.3. The van der Waals surface area contributed by atoms with Gasteiger partial charge in [-0.05, 0) is 64.0 Å². The van der Waals surface area contributed by atoms with E-state index in [1.807, 2.05) is 26.8 Å². The van der Waals surface area contributed by atoms with Crippen molar-refractivity contribution in [3.63, 3.8) is 0 Å². The number of ether oxygens (including phenoxy) is 1. The first kappa shape index (κ1) is 21.7. The Morgan fingerprint density at radius 3 is 2.48 bits per heavy atom. The molecular formula is C24H31N5O4. The predicted octanol–water partition coefficient (Wildman–Crippen LogP) is 3.93. The van der Waals surface area contributed by atoms with Crippen LogP contribution in [0.15, 0.2) is 18.5 Å². The van der Waals surface area contributed by atoms with Crippen molar-refractivity contribution in [2.75, 3.05) is 24.5 Å². The molecule has 1 aliphatic carbocycles. The normalized spacial score (nSPS) is 20.3. The molecule has 4 amide bonds. The van der Waals surface area contributed by atoms with Gasteiger partial charge in [0.2, 0.25) is 5.91 Å². The number of piperidine rings is 1. The van der Waals surface area contributed by atoms with E-state index in [9.17, 15) is 14.4 Å². The zero-order valence-electron chi connectivity index (χ0n) is 19.5. The second-order valence-electron chi connectivity index (χ2n) is 10.3. The summed E-state index contributed by atoms with van der Waals surface area (Å²) in [6, 6.07) is 1.90. The van der Waals surface area contributed by atoms with Gasteiger partial charge in [0.25, 0.3) is 0 Å². The van der Waals surface area contributed by atoms with Crippen LogP contribution in [0.3, 0.4) is 0 Å². The Bertz CT molecular complexity index is 1110. The van der Waals surface area contributed by atoms with E-state index in [2.05, 4.69) is 16.1 Å². The Labute approximate surface area is 193 Å². The Morgan fingerprint density at radius 2 is 1.85 bits per heavy atom. The molecule has 1 N–H and O–H groups in total. The van der Waals surface area contributed by atoms with Gasteiger partial charge in [0, 0.05) is 43.7 Å². The molecule has 1 saturated carbocycles. The first-order valence-corrected chi connectivity index (χ1v) is 11.8. The summed E-state index contributed by atoms with van der Waals surface area (Å²) in [5.41, 5.74) is 2.42. The summed E-state index contributed by atoms with van der Waals surface area (Å²) in [5.74, 6) is 0.289. The lowest BCUT2D eigenvalue weighted by Gasteiger charge is -2.34. The monoisotopic (exact) mass is 453 g/mol. The highest BCUT2D eigenvalue weighted by atomic mass is 16.6. The standard InChI is InChI=1S/C24H31N5O4/c1-24(2,3)33-23(32)27-9-6-16(7-10-27)29-14-19(15-4-5-15)18-12-17(13-25-21(18)29)28-11-8-20(30)26-22(28)31/h12-16H,4-11H2,1-3H3,(H,26,30,31). The molecule has 0 radical (unpaired) electrons. The van der Waals surface area contributed by atoms with Crippen LogP contribution in [-0.4, -0.2) is 57.7 Å². The molecular weight excluding hydrogens is 422 g/mol. The highest BCUT2D eigenvalue weighted by Gasteiger charge is 2.33. The summed E-state index contributed by atoms with van der Waals surface area (Å²) in [7, 11) is 0. The van der Waals surface area contributed by atoms with Crippen LogP contribution in [0.5, 0.6) is 0 Å². The van der Waals surface area contributed by atoms with Gasteiger partial charge >= 0.3 is 12.1 Å². The van der Waals surface area contributed by atoms with E-state index in [1.54, 1.807) is 16.0 Å². The lowest BCUT2D eigenvalue weighted by atomic mass is 10.1. The van der Waals surface area contributed by atoms with Gasteiger partial charge < -0.3 is 14.2 Å². The van der Waals surface area contributed by atoms with Gasteiger partial charge in [-0.1, -0.05) is 0 Å². The molecule has 0 atom stereocenters. The Morgan fingerprint density at radius 1 is 1.12 bits per heavy atom. The Kier molecular flexibility index (Phi) is 5.29. The van der Waals surface area contributed by atoms with E-state index in [-0.39, 0.29) is 24.5 Å². The molecule has 0 spiro atoms. The number of amides is 4. The van der Waals surface area contributed by atoms with Gasteiger partial charge in [0.05, 0.1) is 11.9 Å². The maximum Gasteiger partial charge on any atom is 0.410 e. The van der Waals surface area contributed by atoms with Gasteiger partial charge in [0.1, 0.15) is 11.2 Å². The molecule has 2 aromatic rings. The summed E-state index contributed by atoms with van der Waals surface area (Å²) < 4.78 is 7.79. The SMILES string of the molecule is CC(C)(C)OC(=O)N1CCC(n2cc(C3CC3)c3cc(N4CCC(=O)NC4=O)cnc32)CC1. The largest absolute Gasteiger partial charge is 0.444 e. The van der Waals surface area contributed by atoms with E-state index >= 15 is 0 Å². The molecule has 33 heavy (non-hydrogen) atoms. The van der Waals surface area contributed by atoms with Crippen molar-refractivity contribution in [2.45, 2.75) is 70.4 Å². The highest BCUT2D eigenvalue weighted by Crippen LogP contribution is 2.45. The van der Waals surface area contributed by atoms with Gasteiger partial charge in [-0.3, -0.25) is 15.0 Å². The smallest absolute Gasteiger partial charge is 0.410 e. The predicted molar refractivity (Wildman–Crippen MR) is 123 cm³/mol. The van der Waals surface area contributed by atoms with Gasteiger partial charge in [-0.2, -0.15) is 0 Å². The number of fused-ring (bicyclic) bond motifs is 1. The maximum atomic E-state index is 12.4. The minimum absolute atomic E-state index is 0.243. The first-order chi connectivity index (χ1) is 15.7. The topological polar surface area (TPSA) is 96.8 Å². The molecule has 9 nitrogen and oxygen atoms in total. The van der Waals surface area contributed by atoms with Crippen molar-refractivity contribution in [3.8, 4) is 0 Å². The number of nitrogens with one attached hydrogen (secondary N) is 1. The number of aromatic nitrogens is 2. The fourth-order valence-corrected chi connectivity index (χ4v) is 4.75. The van der Waals surface area contributed by atoms with E-state index in [1.165, 1.54) is 18.4 Å². The molecule has 5 rings (SSSR count). The number of urea groups is 1. The average Bonchev–Trinajstić information content (AvgIpc) is 3.53. The molecule has 3 fully saturated rings. The Hall–Kier alpha value is -3.10. The number of anilines is 1. The maximum absolute atomic E-state index is 12.4. The van der Waals surface area contributed by atoms with Gasteiger partial charge in [-0.25, -0.2) is 14.6 Å². The van der Waals surface area contributed by atoms with Crippen molar-refractivity contribution in [1.29, 1.82) is 0 Å². The Balaban J connectivity index is 1.38. The number of rotatable bonds is 3. The quantitative estimate of drug-likeness (QED) is 0.760. The van der Waals surface area contributed by atoms with E-state index < -0.39 is 11.6 Å². The molecule has 2 saturated heterocycles. The van der Waals surface area contributed by atoms with Crippen LogP contribution >= 0.6 is 0 Å². The summed E-state index contributed by atoms with van der Waals surface area (Å²) in [6.45, 7) is 7.31. The highest BCUT2D eigenvalue weighted by molar-refractivity contribution is 6.06. The number of hydrogen-bond acceptors (Lipinski definition) is 5. The number of nitrogens with zero attached hydrogens (tertiary/aromatic N) is 4. The molecule has 9 heteroatoms. The summed E-state index contributed by atoms with van der Waals surface area (Å²) in [4.78, 5) is 44.4. The van der Waals surface area contributed by atoms with Crippen molar-refractivity contribution >= 4 is 34.8 Å². The van der Waals surface area contributed by atoms with Crippen molar-refractivity contribution < 1.29 is 19.1 Å². The van der Waals surface area contributed by atoms with Crippen molar-refractivity contribution in [2.24, 2.45) is 0 Å². The molecule has 0 bridgehead atoms. The van der Waals surface area contributed by atoms with Crippen molar-refractivity contribution in [1.82, 2.24) is 19.8 Å². The third-order valence-corrected chi connectivity index (χ3v) is 6.58. The number of imide groups is 1. The summed E-state index contributed by atoms with van der Waals surface area (Å²) in [6.07, 6.45) is 8.00. The van der Waals surface area contributed by atoms with Crippen LogP contribution in [-0.2, 0) is 9.53 Å². The zero-order chi connectivity index (χ0) is 23.3. The van der Waals surface area contributed by atoms with Crippen LogP contribution in [0.25, 0.3) is 11.0 Å². The van der Waals surface area contributed by atoms with Crippen LogP contribution < -0.4 is 10.2 Å². The van der Waals surface area contributed by atoms with Crippen LogP contribution in [0.1, 0.15) is 70.4 Å². The van der Waals surface area contributed by atoms with Crippen molar-refractivity contribution in [3.05, 3.63) is 24.0 Å². The molecule has 176 valence electrons. The first-order valence-electron chi connectivity index (χ1n) is 11.8. The summed E-state index contributed by atoms with van der Waals surface area (Å²) in [5, 5.41) is 3.46. The molecule has 0 aromatic carbocycles. The third-order valence-electron chi connectivity index (χ3n) is 6.58. The molecule has 0 unspecified atom stereocenters.